The second kappa shape index (κ2) is 6.96. The molecule has 3 aromatic rings. The summed E-state index contributed by atoms with van der Waals surface area (Å²) in [5.74, 6) is -0.367. The summed E-state index contributed by atoms with van der Waals surface area (Å²) >= 11 is 0. The highest BCUT2D eigenvalue weighted by atomic mass is 16.2. The number of anilines is 1. The summed E-state index contributed by atoms with van der Waals surface area (Å²) in [4.78, 5) is 30.4. The highest BCUT2D eigenvalue weighted by Crippen LogP contribution is 2.23. The van der Waals surface area contributed by atoms with Crippen LogP contribution in [0.15, 0.2) is 60.8 Å². The first kappa shape index (κ1) is 16.3. The topological polar surface area (TPSA) is 62.3 Å². The van der Waals surface area contributed by atoms with Crippen molar-refractivity contribution < 1.29 is 9.59 Å². The molecular weight excluding hydrogens is 326 g/mol. The Kier molecular flexibility index (Phi) is 4.35. The fraction of sp³-hybridized carbons (Fsp3) is 0.190. The summed E-state index contributed by atoms with van der Waals surface area (Å²) < 4.78 is 0. The average molecular weight is 345 g/mol. The molecule has 4 rings (SSSR count). The van der Waals surface area contributed by atoms with Crippen molar-refractivity contribution in [2.45, 2.75) is 12.8 Å². The molecule has 0 bridgehead atoms. The van der Waals surface area contributed by atoms with E-state index < -0.39 is 0 Å². The summed E-state index contributed by atoms with van der Waals surface area (Å²) in [5.41, 5.74) is 2.98. The van der Waals surface area contributed by atoms with E-state index >= 15 is 0 Å². The van der Waals surface area contributed by atoms with Gasteiger partial charge in [-0.2, -0.15) is 0 Å². The molecule has 0 saturated carbocycles. The Balaban J connectivity index is 1.31. The van der Waals surface area contributed by atoms with E-state index in [4.69, 9.17) is 0 Å². The maximum absolute atomic E-state index is 12.3. The number of rotatable bonds is 6. The lowest BCUT2D eigenvalue weighted by atomic mass is 10.1. The van der Waals surface area contributed by atoms with Crippen molar-refractivity contribution in [3.8, 4) is 0 Å². The highest BCUT2D eigenvalue weighted by molar-refractivity contribution is 6.21. The second-order valence-corrected chi connectivity index (χ2v) is 6.32. The zero-order chi connectivity index (χ0) is 17.9. The summed E-state index contributed by atoms with van der Waals surface area (Å²) in [6.45, 7) is 1.21. The number of pyridine rings is 1. The normalized spacial score (nSPS) is 13.3. The van der Waals surface area contributed by atoms with Gasteiger partial charge in [-0.05, 0) is 37.1 Å². The maximum atomic E-state index is 12.3. The van der Waals surface area contributed by atoms with E-state index in [2.05, 4.69) is 10.3 Å². The molecule has 2 amide bonds. The van der Waals surface area contributed by atoms with Gasteiger partial charge in [0.15, 0.2) is 0 Å². The minimum Gasteiger partial charge on any atom is -0.383 e. The van der Waals surface area contributed by atoms with Crippen molar-refractivity contribution in [3.05, 3.63) is 71.9 Å². The van der Waals surface area contributed by atoms with E-state index in [0.717, 1.165) is 36.0 Å². The molecule has 130 valence electrons. The van der Waals surface area contributed by atoms with Crippen LogP contribution in [0, 0.1) is 0 Å². The molecule has 0 unspecified atom stereocenters. The molecule has 1 N–H and O–H groups in total. The lowest BCUT2D eigenvalue weighted by molar-refractivity contribution is 0.0652. The van der Waals surface area contributed by atoms with Crippen molar-refractivity contribution in [1.29, 1.82) is 0 Å². The Labute approximate surface area is 151 Å². The van der Waals surface area contributed by atoms with Crippen LogP contribution in [0.2, 0.25) is 0 Å². The Morgan fingerprint density at radius 1 is 0.846 bits per heavy atom. The number of hydrogen-bond donors (Lipinski definition) is 1. The van der Waals surface area contributed by atoms with Crippen molar-refractivity contribution in [3.63, 3.8) is 0 Å². The molecule has 1 aliphatic rings. The average Bonchev–Trinajstić information content (AvgIpc) is 2.93. The van der Waals surface area contributed by atoms with E-state index in [-0.39, 0.29) is 11.8 Å². The molecule has 1 aliphatic heterocycles. The number of aromatic nitrogens is 1. The van der Waals surface area contributed by atoms with Gasteiger partial charge in [-0.3, -0.25) is 19.5 Å². The van der Waals surface area contributed by atoms with Gasteiger partial charge in [0.2, 0.25) is 0 Å². The lowest BCUT2D eigenvalue weighted by Gasteiger charge is -2.14. The standard InChI is InChI=1S/C21H19N3O2/c25-20-16-9-1-2-10-17(16)21(26)24(20)14-4-3-12-22-18-11-5-7-15-8-6-13-23-19(15)18/h1-2,5-11,13,22H,3-4,12,14H2. The molecule has 1 aromatic heterocycles. The number of carbonyl (C=O) groups excluding carboxylic acids is 2. The quantitative estimate of drug-likeness (QED) is 0.546. The largest absolute Gasteiger partial charge is 0.383 e. The van der Waals surface area contributed by atoms with E-state index in [0.29, 0.717) is 17.7 Å². The third kappa shape index (κ3) is 2.92. The van der Waals surface area contributed by atoms with Crippen LogP contribution in [-0.2, 0) is 0 Å². The Morgan fingerprint density at radius 3 is 2.35 bits per heavy atom. The molecular formula is C21H19N3O2. The first-order valence-electron chi connectivity index (χ1n) is 8.78. The molecule has 0 atom stereocenters. The number of fused-ring (bicyclic) bond motifs is 2. The zero-order valence-corrected chi connectivity index (χ0v) is 14.3. The number of para-hydroxylation sites is 1. The van der Waals surface area contributed by atoms with Gasteiger partial charge < -0.3 is 5.32 Å². The van der Waals surface area contributed by atoms with Crippen LogP contribution in [0.3, 0.4) is 0 Å². The van der Waals surface area contributed by atoms with Gasteiger partial charge in [0.25, 0.3) is 11.8 Å². The van der Waals surface area contributed by atoms with Crippen molar-refractivity contribution in [2.75, 3.05) is 18.4 Å². The van der Waals surface area contributed by atoms with Crippen LogP contribution in [0.25, 0.3) is 10.9 Å². The molecule has 0 spiro atoms. The molecule has 0 saturated heterocycles. The Hall–Kier alpha value is -3.21. The smallest absolute Gasteiger partial charge is 0.261 e. The number of imide groups is 1. The number of benzene rings is 2. The monoisotopic (exact) mass is 345 g/mol. The lowest BCUT2D eigenvalue weighted by Crippen LogP contribution is -2.30. The third-order valence-corrected chi connectivity index (χ3v) is 4.63. The summed E-state index contributed by atoms with van der Waals surface area (Å²) in [6, 6.07) is 17.0. The SMILES string of the molecule is O=C1c2ccccc2C(=O)N1CCCCNc1cccc2cccnc12. The number of hydrogen-bond acceptors (Lipinski definition) is 4. The van der Waals surface area contributed by atoms with Gasteiger partial charge in [-0.25, -0.2) is 0 Å². The molecule has 5 nitrogen and oxygen atoms in total. The minimum atomic E-state index is -0.184. The van der Waals surface area contributed by atoms with Gasteiger partial charge in [0, 0.05) is 24.7 Å². The Bertz CT molecular complexity index is 943. The van der Waals surface area contributed by atoms with E-state index in [1.54, 1.807) is 30.5 Å². The molecule has 2 heterocycles. The van der Waals surface area contributed by atoms with Crippen molar-refractivity contribution in [2.24, 2.45) is 0 Å². The van der Waals surface area contributed by atoms with Crippen LogP contribution in [0.1, 0.15) is 33.6 Å². The molecule has 0 fully saturated rings. The van der Waals surface area contributed by atoms with Gasteiger partial charge >= 0.3 is 0 Å². The molecule has 5 heteroatoms. The fourth-order valence-corrected chi connectivity index (χ4v) is 3.31. The van der Waals surface area contributed by atoms with Crippen LogP contribution in [0.4, 0.5) is 5.69 Å². The predicted molar refractivity (Wildman–Crippen MR) is 101 cm³/mol. The van der Waals surface area contributed by atoms with E-state index in [1.165, 1.54) is 4.90 Å². The minimum absolute atomic E-state index is 0.184. The molecule has 2 aromatic carbocycles. The maximum Gasteiger partial charge on any atom is 0.261 e. The highest BCUT2D eigenvalue weighted by Gasteiger charge is 2.34. The second-order valence-electron chi connectivity index (χ2n) is 6.32. The summed E-state index contributed by atoms with van der Waals surface area (Å²) in [5, 5.41) is 4.50. The first-order chi connectivity index (χ1) is 12.8. The summed E-state index contributed by atoms with van der Waals surface area (Å²) in [6.07, 6.45) is 3.41. The zero-order valence-electron chi connectivity index (χ0n) is 14.3. The Morgan fingerprint density at radius 2 is 1.58 bits per heavy atom. The van der Waals surface area contributed by atoms with Crippen LogP contribution in [0.5, 0.6) is 0 Å². The predicted octanol–water partition coefficient (Wildman–Crippen LogP) is 3.72. The number of carbonyl (C=O) groups is 2. The third-order valence-electron chi connectivity index (χ3n) is 4.63. The van der Waals surface area contributed by atoms with E-state index in [9.17, 15) is 9.59 Å². The van der Waals surface area contributed by atoms with Crippen LogP contribution >= 0.6 is 0 Å². The van der Waals surface area contributed by atoms with Gasteiger partial charge in [-0.1, -0.05) is 30.3 Å². The molecule has 0 radical (unpaired) electrons. The van der Waals surface area contributed by atoms with Gasteiger partial charge in [0.1, 0.15) is 0 Å². The van der Waals surface area contributed by atoms with Gasteiger partial charge in [0.05, 0.1) is 22.3 Å². The molecule has 0 aliphatic carbocycles. The first-order valence-corrected chi connectivity index (χ1v) is 8.78. The number of amides is 2. The summed E-state index contributed by atoms with van der Waals surface area (Å²) in [7, 11) is 0. The fourth-order valence-electron chi connectivity index (χ4n) is 3.31. The van der Waals surface area contributed by atoms with Crippen LogP contribution in [-0.4, -0.2) is 34.8 Å². The van der Waals surface area contributed by atoms with Crippen molar-refractivity contribution >= 4 is 28.4 Å². The number of nitrogens with zero attached hydrogens (tertiary/aromatic N) is 2. The van der Waals surface area contributed by atoms with E-state index in [1.807, 2.05) is 30.3 Å². The van der Waals surface area contributed by atoms with Crippen LogP contribution < -0.4 is 5.32 Å². The number of nitrogens with one attached hydrogen (secondary N) is 1. The van der Waals surface area contributed by atoms with Crippen molar-refractivity contribution in [1.82, 2.24) is 9.88 Å². The molecule has 26 heavy (non-hydrogen) atoms. The number of unbranched alkanes of at least 4 members (excludes halogenated alkanes) is 1. The van der Waals surface area contributed by atoms with Gasteiger partial charge in [-0.15, -0.1) is 0 Å².